The molecule has 1 aliphatic carbocycles. The number of aromatic nitrogens is 2. The van der Waals surface area contributed by atoms with Gasteiger partial charge in [-0.2, -0.15) is 5.10 Å². The minimum Gasteiger partial charge on any atom is -0.496 e. The Kier molecular flexibility index (Phi) is 6.09. The number of rotatable bonds is 4. The van der Waals surface area contributed by atoms with Crippen LogP contribution >= 0.6 is 0 Å². The van der Waals surface area contributed by atoms with Crippen molar-refractivity contribution in [3.05, 3.63) is 76.6 Å². The minimum atomic E-state index is -0.0588. The van der Waals surface area contributed by atoms with E-state index in [2.05, 4.69) is 19.1 Å². The van der Waals surface area contributed by atoms with Crippen LogP contribution in [0.5, 0.6) is 5.75 Å². The number of para-hydroxylation sites is 2. The fourth-order valence-electron chi connectivity index (χ4n) is 5.07. The van der Waals surface area contributed by atoms with E-state index in [1.165, 1.54) is 0 Å². The number of amides is 2. The number of methoxy groups -OCH3 is 1. The molecule has 1 fully saturated rings. The molecule has 0 spiro atoms. The fraction of sp³-hybridized carbons (Fsp3) is 0.370. The molecule has 2 aromatic carbocycles. The maximum Gasteiger partial charge on any atom is 0.274 e. The summed E-state index contributed by atoms with van der Waals surface area (Å²) in [7, 11) is 1.57. The van der Waals surface area contributed by atoms with Crippen molar-refractivity contribution in [2.24, 2.45) is 0 Å². The van der Waals surface area contributed by atoms with Gasteiger partial charge in [-0.3, -0.25) is 9.59 Å². The van der Waals surface area contributed by atoms with Crippen LogP contribution in [0.2, 0.25) is 0 Å². The SMILES string of the molecule is COc1ccccc1C(=O)N1CCCN(C(=O)c2nn(-c3ccccc3C)c3c2CCC3)CC1. The number of aryl methyl sites for hydroxylation is 1. The average Bonchev–Trinajstić information content (AvgIpc) is 3.39. The molecule has 0 radical (unpaired) electrons. The van der Waals surface area contributed by atoms with Crippen molar-refractivity contribution in [2.45, 2.75) is 32.6 Å². The summed E-state index contributed by atoms with van der Waals surface area (Å²) >= 11 is 0. The number of ether oxygens (including phenoxy) is 1. The number of benzene rings is 2. The van der Waals surface area contributed by atoms with Crippen molar-refractivity contribution in [2.75, 3.05) is 33.3 Å². The molecule has 7 nitrogen and oxygen atoms in total. The summed E-state index contributed by atoms with van der Waals surface area (Å²) in [5.41, 5.74) is 5.53. The van der Waals surface area contributed by atoms with Crippen LogP contribution in [0.3, 0.4) is 0 Å². The molecule has 7 heteroatoms. The maximum absolute atomic E-state index is 13.6. The number of carbonyl (C=O) groups is 2. The monoisotopic (exact) mass is 458 g/mol. The first-order valence-corrected chi connectivity index (χ1v) is 12.0. The smallest absolute Gasteiger partial charge is 0.274 e. The summed E-state index contributed by atoms with van der Waals surface area (Å²) in [4.78, 5) is 30.4. The van der Waals surface area contributed by atoms with Crippen molar-refractivity contribution < 1.29 is 14.3 Å². The molecule has 0 atom stereocenters. The van der Waals surface area contributed by atoms with Crippen LogP contribution in [0.4, 0.5) is 0 Å². The number of nitrogens with zero attached hydrogens (tertiary/aromatic N) is 4. The van der Waals surface area contributed by atoms with Crippen molar-refractivity contribution in [3.63, 3.8) is 0 Å². The molecular weight excluding hydrogens is 428 g/mol. The maximum atomic E-state index is 13.6. The van der Waals surface area contributed by atoms with Gasteiger partial charge in [0.15, 0.2) is 5.69 Å². The Hall–Kier alpha value is -3.61. The zero-order chi connectivity index (χ0) is 23.7. The second kappa shape index (κ2) is 9.33. The number of fused-ring (bicyclic) bond motifs is 1. The molecule has 0 saturated carbocycles. The highest BCUT2D eigenvalue weighted by molar-refractivity contribution is 5.97. The van der Waals surface area contributed by atoms with Gasteiger partial charge in [-0.25, -0.2) is 4.68 Å². The fourth-order valence-corrected chi connectivity index (χ4v) is 5.07. The molecule has 0 N–H and O–H groups in total. The molecule has 2 heterocycles. The zero-order valence-electron chi connectivity index (χ0n) is 19.8. The van der Waals surface area contributed by atoms with Crippen LogP contribution in [-0.4, -0.2) is 64.7 Å². The lowest BCUT2D eigenvalue weighted by molar-refractivity contribution is 0.0713. The van der Waals surface area contributed by atoms with E-state index in [0.29, 0.717) is 43.2 Å². The first-order valence-electron chi connectivity index (χ1n) is 12.0. The Morgan fingerprint density at radius 2 is 1.56 bits per heavy atom. The third-order valence-corrected chi connectivity index (χ3v) is 6.88. The molecule has 0 unspecified atom stereocenters. The lowest BCUT2D eigenvalue weighted by Crippen LogP contribution is -2.37. The highest BCUT2D eigenvalue weighted by Crippen LogP contribution is 2.30. The van der Waals surface area contributed by atoms with Crippen LogP contribution in [0.25, 0.3) is 5.69 Å². The molecule has 34 heavy (non-hydrogen) atoms. The first kappa shape index (κ1) is 22.2. The zero-order valence-corrected chi connectivity index (χ0v) is 19.8. The molecule has 1 saturated heterocycles. The molecule has 3 aromatic rings. The Morgan fingerprint density at radius 1 is 0.853 bits per heavy atom. The van der Waals surface area contributed by atoms with Gasteiger partial charge < -0.3 is 14.5 Å². The Bertz CT molecular complexity index is 1230. The largest absolute Gasteiger partial charge is 0.496 e. The van der Waals surface area contributed by atoms with Gasteiger partial charge in [0.25, 0.3) is 11.8 Å². The molecule has 176 valence electrons. The van der Waals surface area contributed by atoms with E-state index >= 15 is 0 Å². The predicted molar refractivity (Wildman–Crippen MR) is 130 cm³/mol. The van der Waals surface area contributed by atoms with E-state index in [1.54, 1.807) is 19.2 Å². The van der Waals surface area contributed by atoms with E-state index in [1.807, 2.05) is 38.7 Å². The Morgan fingerprint density at radius 3 is 2.32 bits per heavy atom. The molecule has 1 aliphatic heterocycles. The number of hydrogen-bond donors (Lipinski definition) is 0. The number of carbonyl (C=O) groups excluding carboxylic acids is 2. The summed E-state index contributed by atoms with van der Waals surface area (Å²) in [6, 6.07) is 15.4. The van der Waals surface area contributed by atoms with Crippen molar-refractivity contribution in [1.29, 1.82) is 0 Å². The van der Waals surface area contributed by atoms with E-state index < -0.39 is 0 Å². The first-order chi connectivity index (χ1) is 16.6. The lowest BCUT2D eigenvalue weighted by Gasteiger charge is -2.22. The van der Waals surface area contributed by atoms with Crippen molar-refractivity contribution >= 4 is 11.8 Å². The summed E-state index contributed by atoms with van der Waals surface area (Å²) in [6.07, 6.45) is 3.59. The minimum absolute atomic E-state index is 0.0305. The second-order valence-electron chi connectivity index (χ2n) is 8.96. The molecule has 2 aliphatic rings. The normalized spacial score (nSPS) is 15.7. The van der Waals surface area contributed by atoms with Gasteiger partial charge >= 0.3 is 0 Å². The molecule has 5 rings (SSSR count). The third kappa shape index (κ3) is 3.95. The topological polar surface area (TPSA) is 67.7 Å². The van der Waals surface area contributed by atoms with Gasteiger partial charge in [0, 0.05) is 37.4 Å². The quantitative estimate of drug-likeness (QED) is 0.598. The summed E-state index contributed by atoms with van der Waals surface area (Å²) < 4.78 is 7.35. The van der Waals surface area contributed by atoms with Crippen LogP contribution in [0.1, 0.15) is 50.5 Å². The lowest BCUT2D eigenvalue weighted by atomic mass is 10.1. The van der Waals surface area contributed by atoms with Gasteiger partial charge in [0.2, 0.25) is 0 Å². The highest BCUT2D eigenvalue weighted by Gasteiger charge is 2.31. The Balaban J connectivity index is 1.36. The summed E-state index contributed by atoms with van der Waals surface area (Å²) in [5.74, 6) is 0.482. The average molecular weight is 459 g/mol. The van der Waals surface area contributed by atoms with E-state index in [4.69, 9.17) is 9.84 Å². The van der Waals surface area contributed by atoms with Crippen LogP contribution < -0.4 is 4.74 Å². The summed E-state index contributed by atoms with van der Waals surface area (Å²) in [5, 5.41) is 4.82. The van der Waals surface area contributed by atoms with Crippen molar-refractivity contribution in [3.8, 4) is 11.4 Å². The van der Waals surface area contributed by atoms with Gasteiger partial charge in [0.1, 0.15) is 5.75 Å². The van der Waals surface area contributed by atoms with E-state index in [9.17, 15) is 9.59 Å². The van der Waals surface area contributed by atoms with Crippen LogP contribution in [-0.2, 0) is 12.8 Å². The molecule has 1 aromatic heterocycles. The standard InChI is InChI=1S/C27H30N4O3/c1-19-9-3-5-12-22(19)31-23-13-7-11-20(23)25(28-31)27(33)30-16-8-15-29(17-18-30)26(32)21-10-4-6-14-24(21)34-2/h3-6,9-10,12,14H,7-8,11,13,15-18H2,1-2H3. The molecule has 0 bridgehead atoms. The van der Waals surface area contributed by atoms with Crippen molar-refractivity contribution in [1.82, 2.24) is 19.6 Å². The number of hydrogen-bond acceptors (Lipinski definition) is 4. The predicted octanol–water partition coefficient (Wildman–Crippen LogP) is 3.67. The Labute approximate surface area is 199 Å². The third-order valence-electron chi connectivity index (χ3n) is 6.88. The van der Waals surface area contributed by atoms with Gasteiger partial charge in [0.05, 0.1) is 18.4 Å². The van der Waals surface area contributed by atoms with Crippen LogP contribution in [0, 0.1) is 6.92 Å². The molecular formula is C27H30N4O3. The van der Waals surface area contributed by atoms with Crippen LogP contribution in [0.15, 0.2) is 48.5 Å². The second-order valence-corrected chi connectivity index (χ2v) is 8.96. The van der Waals surface area contributed by atoms with E-state index in [0.717, 1.165) is 48.2 Å². The van der Waals surface area contributed by atoms with E-state index in [-0.39, 0.29) is 11.8 Å². The highest BCUT2D eigenvalue weighted by atomic mass is 16.5. The van der Waals surface area contributed by atoms with Gasteiger partial charge in [-0.1, -0.05) is 30.3 Å². The van der Waals surface area contributed by atoms with Gasteiger partial charge in [-0.05, 0) is 56.4 Å². The summed E-state index contributed by atoms with van der Waals surface area (Å²) in [6.45, 7) is 4.27. The molecule has 2 amide bonds. The van der Waals surface area contributed by atoms with Gasteiger partial charge in [-0.15, -0.1) is 0 Å².